The Kier molecular flexibility index (Phi) is 8.43. The predicted molar refractivity (Wildman–Crippen MR) is 64.1 cm³/mol. The summed E-state index contributed by atoms with van der Waals surface area (Å²) in [5, 5.41) is 9.61. The molecule has 1 unspecified atom stereocenters. The number of nitrogens with zero attached hydrogens (tertiary/aromatic N) is 1. The number of hydrogen-bond donors (Lipinski definition) is 1. The normalized spacial score (nSPS) is 13.4. The minimum Gasteiger partial charge on any atom is -0.312 e. The number of unbranched alkanes of at least 4 members (excludes halogenated alkanes) is 1. The van der Waals surface area contributed by atoms with Crippen molar-refractivity contribution < 1.29 is 23.6 Å². The van der Waals surface area contributed by atoms with Gasteiger partial charge in [0.05, 0.1) is 12.7 Å². The van der Waals surface area contributed by atoms with Gasteiger partial charge in [-0.1, -0.05) is 13.3 Å². The van der Waals surface area contributed by atoms with Gasteiger partial charge in [-0.3, -0.25) is 14.6 Å². The standard InChI is InChI=1S/C10H22NO5P/c1-10(8-11(13)9-12)6-4-5-7-17(14,15-2)16-3/h9-10,13H,4-8H2,1-3H3. The van der Waals surface area contributed by atoms with E-state index in [9.17, 15) is 9.36 Å². The molecule has 17 heavy (non-hydrogen) atoms. The van der Waals surface area contributed by atoms with Crippen molar-refractivity contribution in [2.24, 2.45) is 5.92 Å². The summed E-state index contributed by atoms with van der Waals surface area (Å²) >= 11 is 0. The van der Waals surface area contributed by atoms with E-state index in [2.05, 4.69) is 0 Å². The average molecular weight is 267 g/mol. The van der Waals surface area contributed by atoms with E-state index in [0.29, 0.717) is 24.2 Å². The molecule has 0 radical (unpaired) electrons. The van der Waals surface area contributed by atoms with Crippen LogP contribution in [0.4, 0.5) is 0 Å². The van der Waals surface area contributed by atoms with E-state index in [1.54, 1.807) is 0 Å². The molecule has 0 spiro atoms. The van der Waals surface area contributed by atoms with Crippen molar-refractivity contribution in [2.45, 2.75) is 26.2 Å². The molecule has 0 aliphatic rings. The molecule has 1 atom stereocenters. The maximum Gasteiger partial charge on any atom is 0.330 e. The summed E-state index contributed by atoms with van der Waals surface area (Å²) in [6.07, 6.45) is 3.21. The van der Waals surface area contributed by atoms with E-state index in [1.165, 1.54) is 14.2 Å². The Balaban J connectivity index is 3.70. The van der Waals surface area contributed by atoms with Crippen LogP contribution < -0.4 is 0 Å². The van der Waals surface area contributed by atoms with Crippen LogP contribution in [0.15, 0.2) is 0 Å². The molecular formula is C10H22NO5P. The van der Waals surface area contributed by atoms with Crippen molar-refractivity contribution >= 4 is 14.0 Å². The summed E-state index contributed by atoms with van der Waals surface area (Å²) < 4.78 is 21.3. The van der Waals surface area contributed by atoms with E-state index >= 15 is 0 Å². The topological polar surface area (TPSA) is 76.1 Å². The molecule has 0 fully saturated rings. The Morgan fingerprint density at radius 3 is 2.41 bits per heavy atom. The molecule has 0 aliphatic carbocycles. The van der Waals surface area contributed by atoms with Gasteiger partial charge in [0.1, 0.15) is 0 Å². The Morgan fingerprint density at radius 1 is 1.35 bits per heavy atom. The third-order valence-corrected chi connectivity index (χ3v) is 4.53. The Bertz CT molecular complexity index is 253. The zero-order valence-electron chi connectivity index (χ0n) is 10.7. The summed E-state index contributed by atoms with van der Waals surface area (Å²) in [6.45, 7) is 2.26. The van der Waals surface area contributed by atoms with Gasteiger partial charge in [0.25, 0.3) is 0 Å². The van der Waals surface area contributed by atoms with E-state index in [1.807, 2.05) is 6.92 Å². The number of hydroxylamine groups is 2. The van der Waals surface area contributed by atoms with Gasteiger partial charge >= 0.3 is 7.60 Å². The smallest absolute Gasteiger partial charge is 0.312 e. The second-order valence-corrected chi connectivity index (χ2v) is 6.43. The first-order valence-corrected chi connectivity index (χ1v) is 7.31. The average Bonchev–Trinajstić information content (AvgIpc) is 2.34. The molecule has 0 rings (SSSR count). The Labute approximate surface area is 102 Å². The molecule has 1 amide bonds. The Morgan fingerprint density at radius 2 is 1.94 bits per heavy atom. The van der Waals surface area contributed by atoms with Crippen molar-refractivity contribution in [3.63, 3.8) is 0 Å². The fourth-order valence-corrected chi connectivity index (χ4v) is 2.63. The van der Waals surface area contributed by atoms with Crippen LogP contribution >= 0.6 is 7.60 Å². The minimum atomic E-state index is -2.89. The van der Waals surface area contributed by atoms with Gasteiger partial charge in [-0.05, 0) is 18.8 Å². The van der Waals surface area contributed by atoms with Crippen LogP contribution in [-0.4, -0.2) is 43.6 Å². The highest BCUT2D eigenvalue weighted by Crippen LogP contribution is 2.47. The lowest BCUT2D eigenvalue weighted by Crippen LogP contribution is -2.23. The SMILES string of the molecule is COP(=O)(CCCCC(C)CN(O)C=O)OC. The molecule has 102 valence electrons. The first kappa shape index (κ1) is 16.6. The first-order valence-electron chi connectivity index (χ1n) is 5.58. The van der Waals surface area contributed by atoms with E-state index < -0.39 is 7.60 Å². The van der Waals surface area contributed by atoms with Gasteiger partial charge in [0.2, 0.25) is 6.41 Å². The van der Waals surface area contributed by atoms with Crippen molar-refractivity contribution in [3.8, 4) is 0 Å². The minimum absolute atomic E-state index is 0.203. The summed E-state index contributed by atoms with van der Waals surface area (Å²) in [5.74, 6) is 0.203. The summed E-state index contributed by atoms with van der Waals surface area (Å²) in [6, 6.07) is 0. The molecule has 0 aliphatic heterocycles. The lowest BCUT2D eigenvalue weighted by Gasteiger charge is -2.16. The zero-order chi connectivity index (χ0) is 13.3. The van der Waals surface area contributed by atoms with Gasteiger partial charge in [-0.25, -0.2) is 5.06 Å². The summed E-state index contributed by atoms with van der Waals surface area (Å²) in [5.41, 5.74) is 0. The van der Waals surface area contributed by atoms with Crippen LogP contribution in [0, 0.1) is 5.92 Å². The van der Waals surface area contributed by atoms with Crippen molar-refractivity contribution in [1.29, 1.82) is 0 Å². The third kappa shape index (κ3) is 7.49. The number of amides is 1. The van der Waals surface area contributed by atoms with Crippen LogP contribution in [0.3, 0.4) is 0 Å². The fourth-order valence-electron chi connectivity index (χ4n) is 1.51. The lowest BCUT2D eigenvalue weighted by molar-refractivity contribution is -0.152. The van der Waals surface area contributed by atoms with Gasteiger partial charge < -0.3 is 9.05 Å². The third-order valence-electron chi connectivity index (χ3n) is 2.56. The van der Waals surface area contributed by atoms with Gasteiger partial charge in [0, 0.05) is 14.2 Å². The molecule has 0 aromatic rings. The zero-order valence-corrected chi connectivity index (χ0v) is 11.6. The summed E-state index contributed by atoms with van der Waals surface area (Å²) in [7, 11) is -0.139. The lowest BCUT2D eigenvalue weighted by atomic mass is 10.0. The van der Waals surface area contributed by atoms with Crippen LogP contribution in [0.1, 0.15) is 26.2 Å². The quantitative estimate of drug-likeness (QED) is 0.216. The number of rotatable bonds is 10. The van der Waals surface area contributed by atoms with Crippen LogP contribution in [0.25, 0.3) is 0 Å². The van der Waals surface area contributed by atoms with Gasteiger partial charge in [0.15, 0.2) is 0 Å². The maximum atomic E-state index is 11.7. The second-order valence-electron chi connectivity index (χ2n) is 4.03. The number of carbonyl (C=O) groups is 1. The van der Waals surface area contributed by atoms with Gasteiger partial charge in [-0.15, -0.1) is 0 Å². The highest BCUT2D eigenvalue weighted by atomic mass is 31.2. The predicted octanol–water partition coefficient (Wildman–Crippen LogP) is 2.13. The largest absolute Gasteiger partial charge is 0.330 e. The monoisotopic (exact) mass is 267 g/mol. The highest BCUT2D eigenvalue weighted by Gasteiger charge is 2.19. The van der Waals surface area contributed by atoms with Crippen LogP contribution in [-0.2, 0) is 18.4 Å². The first-order chi connectivity index (χ1) is 7.97. The number of carbonyl (C=O) groups excluding carboxylic acids is 1. The molecule has 0 aromatic heterocycles. The second kappa shape index (κ2) is 8.64. The molecular weight excluding hydrogens is 245 g/mol. The van der Waals surface area contributed by atoms with Crippen LogP contribution in [0.2, 0.25) is 0 Å². The van der Waals surface area contributed by atoms with Crippen LogP contribution in [0.5, 0.6) is 0 Å². The molecule has 0 saturated heterocycles. The van der Waals surface area contributed by atoms with E-state index in [-0.39, 0.29) is 5.92 Å². The Hall–Kier alpha value is -0.420. The van der Waals surface area contributed by atoms with Crippen molar-refractivity contribution in [1.82, 2.24) is 5.06 Å². The molecule has 0 saturated carbocycles. The molecule has 1 N–H and O–H groups in total. The van der Waals surface area contributed by atoms with Crippen molar-refractivity contribution in [3.05, 3.63) is 0 Å². The maximum absolute atomic E-state index is 11.7. The molecule has 0 heterocycles. The molecule has 7 heteroatoms. The van der Waals surface area contributed by atoms with Crippen molar-refractivity contribution in [2.75, 3.05) is 26.9 Å². The van der Waals surface area contributed by atoms with Gasteiger partial charge in [-0.2, -0.15) is 0 Å². The number of hydrogen-bond acceptors (Lipinski definition) is 5. The molecule has 0 bridgehead atoms. The molecule has 6 nitrogen and oxygen atoms in total. The highest BCUT2D eigenvalue weighted by molar-refractivity contribution is 7.53. The van der Waals surface area contributed by atoms with E-state index in [0.717, 1.165) is 19.3 Å². The summed E-state index contributed by atoms with van der Waals surface area (Å²) in [4.78, 5) is 10.2. The molecule has 0 aromatic carbocycles. The van der Waals surface area contributed by atoms with E-state index in [4.69, 9.17) is 14.3 Å². The fraction of sp³-hybridized carbons (Fsp3) is 0.900.